The molecule has 22 heavy (non-hydrogen) atoms. The molecule has 5 heteroatoms. The Morgan fingerprint density at radius 1 is 1.27 bits per heavy atom. The molecule has 0 atom stereocenters. The van der Waals surface area contributed by atoms with Gasteiger partial charge in [-0.3, -0.25) is 0 Å². The highest BCUT2D eigenvalue weighted by Crippen LogP contribution is 2.23. The smallest absolute Gasteiger partial charge is 0.335 e. The molecule has 0 fully saturated rings. The van der Waals surface area contributed by atoms with E-state index in [2.05, 4.69) is 36.5 Å². The molecule has 0 aliphatic heterocycles. The quantitative estimate of drug-likeness (QED) is 0.801. The standard InChI is InChI=1S/C17H22N2O2S/c1-17(2,3)14-11-22-15(19-14)8-9-18-10-12-4-6-13(7-5-12)16(20)21/h4-7,11,18H,8-10H2,1-3H3,(H,20,21). The van der Waals surface area contributed by atoms with Gasteiger partial charge in [-0.15, -0.1) is 11.3 Å². The van der Waals surface area contributed by atoms with Crippen LogP contribution in [0.2, 0.25) is 0 Å². The second kappa shape index (κ2) is 7.03. The van der Waals surface area contributed by atoms with Crippen LogP contribution in [0, 0.1) is 0 Å². The summed E-state index contributed by atoms with van der Waals surface area (Å²) in [6.07, 6.45) is 0.911. The van der Waals surface area contributed by atoms with Gasteiger partial charge in [-0.05, 0) is 17.7 Å². The maximum absolute atomic E-state index is 10.8. The fourth-order valence-electron chi connectivity index (χ4n) is 1.96. The Balaban J connectivity index is 1.77. The fraction of sp³-hybridized carbons (Fsp3) is 0.412. The molecule has 118 valence electrons. The number of aromatic carboxylic acids is 1. The molecule has 4 nitrogen and oxygen atoms in total. The molecular formula is C17H22N2O2S. The highest BCUT2D eigenvalue weighted by molar-refractivity contribution is 7.09. The number of carboxylic acid groups (broad SMARTS) is 1. The lowest BCUT2D eigenvalue weighted by molar-refractivity contribution is 0.0697. The van der Waals surface area contributed by atoms with Crippen molar-refractivity contribution in [1.29, 1.82) is 0 Å². The van der Waals surface area contributed by atoms with Crippen molar-refractivity contribution < 1.29 is 9.90 Å². The minimum absolute atomic E-state index is 0.105. The summed E-state index contributed by atoms with van der Waals surface area (Å²) in [6.45, 7) is 8.11. The van der Waals surface area contributed by atoms with Crippen LogP contribution in [0.15, 0.2) is 29.6 Å². The number of benzene rings is 1. The lowest BCUT2D eigenvalue weighted by Gasteiger charge is -2.14. The van der Waals surface area contributed by atoms with E-state index in [0.717, 1.165) is 35.8 Å². The predicted octanol–water partition coefficient (Wildman–Crippen LogP) is 3.47. The van der Waals surface area contributed by atoms with E-state index >= 15 is 0 Å². The average Bonchev–Trinajstić information content (AvgIpc) is 2.93. The topological polar surface area (TPSA) is 62.2 Å². The van der Waals surface area contributed by atoms with Crippen molar-refractivity contribution in [3.05, 3.63) is 51.5 Å². The van der Waals surface area contributed by atoms with E-state index in [1.54, 1.807) is 23.5 Å². The van der Waals surface area contributed by atoms with Crippen molar-refractivity contribution in [3.8, 4) is 0 Å². The van der Waals surface area contributed by atoms with Gasteiger partial charge in [0, 0.05) is 30.3 Å². The summed E-state index contributed by atoms with van der Waals surface area (Å²) in [5.74, 6) is -0.891. The lowest BCUT2D eigenvalue weighted by atomic mass is 9.93. The third kappa shape index (κ3) is 4.64. The molecular weight excluding hydrogens is 296 g/mol. The van der Waals surface area contributed by atoms with E-state index in [4.69, 9.17) is 5.11 Å². The van der Waals surface area contributed by atoms with Crippen LogP contribution in [-0.4, -0.2) is 22.6 Å². The van der Waals surface area contributed by atoms with Gasteiger partial charge < -0.3 is 10.4 Å². The first-order valence-electron chi connectivity index (χ1n) is 7.34. The van der Waals surface area contributed by atoms with Gasteiger partial charge >= 0.3 is 5.97 Å². The molecule has 0 aliphatic rings. The van der Waals surface area contributed by atoms with Crippen LogP contribution >= 0.6 is 11.3 Å². The second-order valence-corrected chi connectivity index (χ2v) is 7.25. The van der Waals surface area contributed by atoms with E-state index in [9.17, 15) is 4.79 Å². The van der Waals surface area contributed by atoms with Crippen LogP contribution in [-0.2, 0) is 18.4 Å². The van der Waals surface area contributed by atoms with Crippen LogP contribution in [0.1, 0.15) is 47.4 Å². The molecule has 2 N–H and O–H groups in total. The van der Waals surface area contributed by atoms with E-state index in [-0.39, 0.29) is 5.41 Å². The van der Waals surface area contributed by atoms with Crippen LogP contribution in [0.4, 0.5) is 0 Å². The van der Waals surface area contributed by atoms with Crippen molar-refractivity contribution in [2.45, 2.75) is 39.2 Å². The van der Waals surface area contributed by atoms with Crippen LogP contribution in [0.3, 0.4) is 0 Å². The summed E-state index contributed by atoms with van der Waals surface area (Å²) in [4.78, 5) is 15.5. The monoisotopic (exact) mass is 318 g/mol. The highest BCUT2D eigenvalue weighted by Gasteiger charge is 2.17. The molecule has 1 aromatic heterocycles. The summed E-state index contributed by atoms with van der Waals surface area (Å²) in [7, 11) is 0. The van der Waals surface area contributed by atoms with Crippen molar-refractivity contribution >= 4 is 17.3 Å². The molecule has 0 saturated heterocycles. The fourth-order valence-corrected chi connectivity index (χ4v) is 2.99. The molecule has 0 unspecified atom stereocenters. The highest BCUT2D eigenvalue weighted by atomic mass is 32.1. The van der Waals surface area contributed by atoms with Crippen LogP contribution in [0.25, 0.3) is 0 Å². The molecule has 0 saturated carbocycles. The Morgan fingerprint density at radius 2 is 1.95 bits per heavy atom. The van der Waals surface area contributed by atoms with E-state index in [1.807, 2.05) is 12.1 Å². The van der Waals surface area contributed by atoms with Gasteiger partial charge in [0.1, 0.15) is 0 Å². The number of hydrogen-bond acceptors (Lipinski definition) is 4. The molecule has 2 rings (SSSR count). The second-order valence-electron chi connectivity index (χ2n) is 6.31. The van der Waals surface area contributed by atoms with Gasteiger partial charge in [-0.1, -0.05) is 32.9 Å². The third-order valence-corrected chi connectivity index (χ3v) is 4.27. The number of nitrogens with one attached hydrogen (secondary N) is 1. The van der Waals surface area contributed by atoms with Crippen molar-refractivity contribution in [1.82, 2.24) is 10.3 Å². The summed E-state index contributed by atoms with van der Waals surface area (Å²) in [6, 6.07) is 6.96. The van der Waals surface area contributed by atoms with Crippen LogP contribution < -0.4 is 5.32 Å². The minimum Gasteiger partial charge on any atom is -0.478 e. The Hall–Kier alpha value is -1.72. The summed E-state index contributed by atoms with van der Waals surface area (Å²) in [5, 5.41) is 15.5. The minimum atomic E-state index is -0.891. The lowest BCUT2D eigenvalue weighted by Crippen LogP contribution is -2.17. The Morgan fingerprint density at radius 3 is 2.50 bits per heavy atom. The number of aromatic nitrogens is 1. The van der Waals surface area contributed by atoms with Gasteiger partial charge in [0.2, 0.25) is 0 Å². The molecule has 0 aliphatic carbocycles. The number of carboxylic acids is 1. The van der Waals surface area contributed by atoms with Gasteiger partial charge in [0.15, 0.2) is 0 Å². The number of carbonyl (C=O) groups is 1. The average molecular weight is 318 g/mol. The Kier molecular flexibility index (Phi) is 5.32. The van der Waals surface area contributed by atoms with Crippen LogP contribution in [0.5, 0.6) is 0 Å². The Bertz CT molecular complexity index is 627. The first kappa shape index (κ1) is 16.6. The molecule has 1 heterocycles. The molecule has 0 amide bonds. The first-order valence-corrected chi connectivity index (χ1v) is 8.22. The largest absolute Gasteiger partial charge is 0.478 e. The number of hydrogen-bond donors (Lipinski definition) is 2. The molecule has 0 radical (unpaired) electrons. The maximum Gasteiger partial charge on any atom is 0.335 e. The van der Waals surface area contributed by atoms with Crippen molar-refractivity contribution in [2.75, 3.05) is 6.54 Å². The SMILES string of the molecule is CC(C)(C)c1csc(CCNCc2ccc(C(=O)O)cc2)n1. The zero-order chi connectivity index (χ0) is 16.2. The third-order valence-electron chi connectivity index (χ3n) is 3.37. The molecule has 1 aromatic carbocycles. The molecule has 0 spiro atoms. The Labute approximate surface area is 135 Å². The number of nitrogens with zero attached hydrogens (tertiary/aromatic N) is 1. The zero-order valence-electron chi connectivity index (χ0n) is 13.2. The van der Waals surface area contributed by atoms with E-state index < -0.39 is 5.97 Å². The van der Waals surface area contributed by atoms with E-state index in [0.29, 0.717) is 5.56 Å². The number of rotatable bonds is 6. The predicted molar refractivity (Wildman–Crippen MR) is 89.6 cm³/mol. The maximum atomic E-state index is 10.8. The van der Waals surface area contributed by atoms with Gasteiger partial charge in [-0.25, -0.2) is 9.78 Å². The van der Waals surface area contributed by atoms with E-state index in [1.165, 1.54) is 0 Å². The summed E-state index contributed by atoms with van der Waals surface area (Å²) >= 11 is 1.71. The van der Waals surface area contributed by atoms with Crippen molar-refractivity contribution in [2.24, 2.45) is 0 Å². The van der Waals surface area contributed by atoms with Gasteiger partial charge in [-0.2, -0.15) is 0 Å². The normalized spacial score (nSPS) is 11.6. The molecule has 0 bridgehead atoms. The summed E-state index contributed by atoms with van der Waals surface area (Å²) < 4.78 is 0. The number of thiazole rings is 1. The molecule has 2 aromatic rings. The van der Waals surface area contributed by atoms with Gasteiger partial charge in [0.05, 0.1) is 16.3 Å². The van der Waals surface area contributed by atoms with Crippen molar-refractivity contribution in [3.63, 3.8) is 0 Å². The summed E-state index contributed by atoms with van der Waals surface area (Å²) in [5.41, 5.74) is 2.66. The zero-order valence-corrected chi connectivity index (χ0v) is 14.0. The first-order chi connectivity index (χ1) is 10.4. The van der Waals surface area contributed by atoms with Gasteiger partial charge in [0.25, 0.3) is 0 Å².